The number of hydrogen-bond donors (Lipinski definition) is 2. The lowest BCUT2D eigenvalue weighted by Gasteiger charge is -2.03. The summed E-state index contributed by atoms with van der Waals surface area (Å²) in [6.45, 7) is 1.83. The molecule has 0 aromatic heterocycles. The number of halogens is 2. The number of allylic oxidation sites excluding steroid dienone is 1. The van der Waals surface area contributed by atoms with Gasteiger partial charge in [-0.15, -0.1) is 11.6 Å². The number of aliphatic hydroxyl groups excluding tert-OH is 1. The van der Waals surface area contributed by atoms with Gasteiger partial charge in [0.05, 0.1) is 5.38 Å². The van der Waals surface area contributed by atoms with Crippen molar-refractivity contribution >= 4 is 11.6 Å². The number of alkyl halides is 1. The van der Waals surface area contributed by atoms with Crippen molar-refractivity contribution in [2.75, 3.05) is 0 Å². The average molecular weight is 169 g/mol. The summed E-state index contributed by atoms with van der Waals surface area (Å²) in [7, 11) is 0. The summed E-state index contributed by atoms with van der Waals surface area (Å²) in [5.74, 6) is -2.36. The van der Waals surface area contributed by atoms with E-state index in [4.69, 9.17) is 21.8 Å². The van der Waals surface area contributed by atoms with Gasteiger partial charge in [0, 0.05) is 0 Å². The molecule has 0 radical (unpaired) electrons. The van der Waals surface area contributed by atoms with E-state index in [1.807, 2.05) is 6.92 Å². The molecule has 4 heteroatoms. The molecule has 0 saturated heterocycles. The van der Waals surface area contributed by atoms with Gasteiger partial charge in [-0.1, -0.05) is 13.3 Å². The molecule has 2 nitrogen and oxygen atoms in total. The summed E-state index contributed by atoms with van der Waals surface area (Å²) >= 11 is 5.37. The Balaban J connectivity index is 3.94. The maximum absolute atomic E-state index is 12.4. The largest absolute Gasteiger partial charge is 0.479 e. The molecular formula is C6H10ClFO2. The Morgan fingerprint density at radius 3 is 2.40 bits per heavy atom. The summed E-state index contributed by atoms with van der Waals surface area (Å²) in [4.78, 5) is 0. The van der Waals surface area contributed by atoms with Crippen LogP contribution in [0.1, 0.15) is 19.8 Å². The molecule has 0 rings (SSSR count). The molecule has 0 aromatic rings. The second-order valence-corrected chi connectivity index (χ2v) is 2.45. The summed E-state index contributed by atoms with van der Waals surface area (Å²) in [5.41, 5.74) is 0. The van der Waals surface area contributed by atoms with Gasteiger partial charge < -0.3 is 10.2 Å². The van der Waals surface area contributed by atoms with Crippen LogP contribution < -0.4 is 0 Å². The summed E-state index contributed by atoms with van der Waals surface area (Å²) < 4.78 is 12.4. The summed E-state index contributed by atoms with van der Waals surface area (Å²) in [6, 6.07) is 0. The van der Waals surface area contributed by atoms with Gasteiger partial charge in [0.15, 0.2) is 5.83 Å². The average Bonchev–Trinajstić information content (AvgIpc) is 1.87. The summed E-state index contributed by atoms with van der Waals surface area (Å²) in [5, 5.41) is 15.5. The highest BCUT2D eigenvalue weighted by Crippen LogP contribution is 2.18. The van der Waals surface area contributed by atoms with Crippen LogP contribution in [0, 0.1) is 0 Å². The minimum absolute atomic E-state index is 0.401. The molecule has 1 atom stereocenters. The molecule has 0 aromatic carbocycles. The van der Waals surface area contributed by atoms with Gasteiger partial charge in [-0.05, 0) is 6.42 Å². The minimum Gasteiger partial charge on any atom is -0.479 e. The zero-order valence-corrected chi connectivity index (χ0v) is 6.40. The van der Waals surface area contributed by atoms with Gasteiger partial charge in [-0.2, -0.15) is 0 Å². The van der Waals surface area contributed by atoms with E-state index in [0.717, 1.165) is 0 Å². The Kier molecular flexibility index (Phi) is 4.19. The third-order valence-corrected chi connectivity index (χ3v) is 1.44. The zero-order chi connectivity index (χ0) is 8.15. The standard InChI is InChI=1S/C6H10ClFO2/c1-2-3-4(7)5(8)6(9)10/h4,9-10H,2-3H2,1H3. The predicted octanol–water partition coefficient (Wildman–Crippen LogP) is 2.65. The maximum Gasteiger partial charge on any atom is 0.308 e. The van der Waals surface area contributed by atoms with E-state index < -0.39 is 17.1 Å². The van der Waals surface area contributed by atoms with Crippen LogP contribution >= 0.6 is 11.6 Å². The van der Waals surface area contributed by atoms with Gasteiger partial charge in [-0.25, -0.2) is 4.39 Å². The molecule has 0 heterocycles. The van der Waals surface area contributed by atoms with E-state index in [-0.39, 0.29) is 0 Å². The van der Waals surface area contributed by atoms with E-state index in [1.165, 1.54) is 0 Å². The third-order valence-electron chi connectivity index (χ3n) is 1.03. The van der Waals surface area contributed by atoms with Crippen LogP contribution in [-0.4, -0.2) is 15.6 Å². The SMILES string of the molecule is CCCC(Cl)C(F)=C(O)O. The molecule has 0 aliphatic heterocycles. The van der Waals surface area contributed by atoms with Crippen molar-refractivity contribution in [2.45, 2.75) is 25.1 Å². The first-order valence-corrected chi connectivity index (χ1v) is 3.44. The maximum atomic E-state index is 12.4. The van der Waals surface area contributed by atoms with Crippen molar-refractivity contribution in [3.8, 4) is 0 Å². The Bertz CT molecular complexity index is 132. The summed E-state index contributed by atoms with van der Waals surface area (Å²) in [6.07, 6.45) is 1.10. The number of rotatable bonds is 3. The molecule has 0 aliphatic carbocycles. The fourth-order valence-corrected chi connectivity index (χ4v) is 0.836. The van der Waals surface area contributed by atoms with Gasteiger partial charge in [0.1, 0.15) is 0 Å². The Morgan fingerprint density at radius 1 is 1.60 bits per heavy atom. The lowest BCUT2D eigenvalue weighted by atomic mass is 10.2. The first kappa shape index (κ1) is 9.56. The van der Waals surface area contributed by atoms with Crippen LogP contribution in [0.5, 0.6) is 0 Å². The lowest BCUT2D eigenvalue weighted by molar-refractivity contribution is 0.170. The highest BCUT2D eigenvalue weighted by atomic mass is 35.5. The van der Waals surface area contributed by atoms with Gasteiger partial charge >= 0.3 is 5.95 Å². The number of hydrogen-bond acceptors (Lipinski definition) is 2. The van der Waals surface area contributed by atoms with E-state index >= 15 is 0 Å². The molecule has 0 saturated carbocycles. The topological polar surface area (TPSA) is 40.5 Å². The highest BCUT2D eigenvalue weighted by molar-refractivity contribution is 6.22. The molecule has 0 bridgehead atoms. The second-order valence-electron chi connectivity index (χ2n) is 1.93. The fourth-order valence-electron chi connectivity index (χ4n) is 0.520. The van der Waals surface area contributed by atoms with Crippen molar-refractivity contribution in [3.63, 3.8) is 0 Å². The Morgan fingerprint density at radius 2 is 2.10 bits per heavy atom. The zero-order valence-electron chi connectivity index (χ0n) is 5.64. The van der Waals surface area contributed by atoms with Crippen LogP contribution in [0.2, 0.25) is 0 Å². The first-order chi connectivity index (χ1) is 4.59. The predicted molar refractivity (Wildman–Crippen MR) is 37.9 cm³/mol. The molecule has 0 aliphatic rings. The van der Waals surface area contributed by atoms with E-state index in [9.17, 15) is 4.39 Å². The number of aliphatic hydroxyl groups is 2. The van der Waals surface area contributed by atoms with Gasteiger partial charge in [0.25, 0.3) is 0 Å². The van der Waals surface area contributed by atoms with Crippen LogP contribution in [0.3, 0.4) is 0 Å². The quantitative estimate of drug-likeness (QED) is 0.503. The van der Waals surface area contributed by atoms with Crippen molar-refractivity contribution < 1.29 is 14.6 Å². The minimum atomic E-state index is -1.31. The van der Waals surface area contributed by atoms with Crippen molar-refractivity contribution in [3.05, 3.63) is 11.8 Å². The van der Waals surface area contributed by atoms with Crippen LogP contribution in [0.25, 0.3) is 0 Å². The molecule has 0 spiro atoms. The molecule has 1 unspecified atom stereocenters. The Hall–Kier alpha value is -0.440. The van der Waals surface area contributed by atoms with E-state index in [2.05, 4.69) is 0 Å². The third kappa shape index (κ3) is 2.92. The van der Waals surface area contributed by atoms with Crippen molar-refractivity contribution in [2.24, 2.45) is 0 Å². The molecule has 10 heavy (non-hydrogen) atoms. The molecule has 60 valence electrons. The second kappa shape index (κ2) is 4.39. The highest BCUT2D eigenvalue weighted by Gasteiger charge is 2.14. The van der Waals surface area contributed by atoms with Crippen LogP contribution in [0.15, 0.2) is 11.8 Å². The smallest absolute Gasteiger partial charge is 0.308 e. The first-order valence-electron chi connectivity index (χ1n) is 3.01. The van der Waals surface area contributed by atoms with Gasteiger partial charge in [-0.3, -0.25) is 0 Å². The van der Waals surface area contributed by atoms with Crippen LogP contribution in [0.4, 0.5) is 4.39 Å². The van der Waals surface area contributed by atoms with E-state index in [0.29, 0.717) is 12.8 Å². The molecular weight excluding hydrogens is 159 g/mol. The Labute approximate surface area is 63.9 Å². The van der Waals surface area contributed by atoms with E-state index in [1.54, 1.807) is 0 Å². The lowest BCUT2D eigenvalue weighted by Crippen LogP contribution is -2.01. The van der Waals surface area contributed by atoms with Crippen molar-refractivity contribution in [1.29, 1.82) is 0 Å². The van der Waals surface area contributed by atoms with Gasteiger partial charge in [0.2, 0.25) is 0 Å². The molecule has 0 amide bonds. The normalized spacial score (nSPS) is 12.7. The molecule has 0 fully saturated rings. The van der Waals surface area contributed by atoms with Crippen LogP contribution in [-0.2, 0) is 0 Å². The monoisotopic (exact) mass is 168 g/mol. The fraction of sp³-hybridized carbons (Fsp3) is 0.667. The van der Waals surface area contributed by atoms with Crippen molar-refractivity contribution in [1.82, 2.24) is 0 Å². The molecule has 2 N–H and O–H groups in total.